The minimum Gasteiger partial charge on any atom is -0.320 e. The molecule has 74 valence electrons. The maximum Gasteiger partial charge on any atom is 0.0777 e. The van der Waals surface area contributed by atoms with E-state index in [-0.39, 0.29) is 5.54 Å². The molecule has 2 aromatic rings. The Bertz CT molecular complexity index is 445. The van der Waals surface area contributed by atoms with Crippen molar-refractivity contribution in [2.45, 2.75) is 25.8 Å². The van der Waals surface area contributed by atoms with Crippen molar-refractivity contribution in [2.24, 2.45) is 5.73 Å². The van der Waals surface area contributed by atoms with Gasteiger partial charge in [-0.3, -0.25) is 4.98 Å². The predicted octanol–water partition coefficient (Wildman–Crippen LogP) is 2.88. The summed E-state index contributed by atoms with van der Waals surface area (Å²) in [7, 11) is 0. The van der Waals surface area contributed by atoms with E-state index in [0.717, 1.165) is 12.1 Å². The Hall–Kier alpha value is -0.930. The fourth-order valence-electron chi connectivity index (χ4n) is 1.47. The third-order valence-electron chi connectivity index (χ3n) is 2.64. The van der Waals surface area contributed by atoms with Crippen molar-refractivity contribution in [3.8, 4) is 0 Å². The van der Waals surface area contributed by atoms with Crippen molar-refractivity contribution in [3.05, 3.63) is 29.4 Å². The van der Waals surface area contributed by atoms with Crippen LogP contribution in [-0.4, -0.2) is 4.98 Å². The number of rotatable bonds is 2. The van der Waals surface area contributed by atoms with Crippen molar-refractivity contribution >= 4 is 21.4 Å². The molecule has 2 aromatic heterocycles. The fourth-order valence-corrected chi connectivity index (χ4v) is 2.49. The van der Waals surface area contributed by atoms with Gasteiger partial charge >= 0.3 is 0 Å². The van der Waals surface area contributed by atoms with Crippen LogP contribution in [0.3, 0.4) is 0 Å². The van der Waals surface area contributed by atoms with E-state index in [4.69, 9.17) is 5.73 Å². The highest BCUT2D eigenvalue weighted by Crippen LogP contribution is 2.30. The smallest absolute Gasteiger partial charge is 0.0777 e. The van der Waals surface area contributed by atoms with Crippen LogP contribution in [-0.2, 0) is 5.54 Å². The van der Waals surface area contributed by atoms with E-state index >= 15 is 0 Å². The second kappa shape index (κ2) is 3.33. The van der Waals surface area contributed by atoms with Crippen molar-refractivity contribution in [3.63, 3.8) is 0 Å². The Morgan fingerprint density at radius 2 is 2.29 bits per heavy atom. The van der Waals surface area contributed by atoms with Gasteiger partial charge in [0.25, 0.3) is 0 Å². The molecule has 2 heterocycles. The van der Waals surface area contributed by atoms with Crippen LogP contribution in [0.25, 0.3) is 10.1 Å². The van der Waals surface area contributed by atoms with E-state index < -0.39 is 0 Å². The molecule has 2 rings (SSSR count). The van der Waals surface area contributed by atoms with Crippen LogP contribution in [0.5, 0.6) is 0 Å². The molecule has 0 aliphatic heterocycles. The van der Waals surface area contributed by atoms with Gasteiger partial charge in [-0.05, 0) is 36.2 Å². The summed E-state index contributed by atoms with van der Waals surface area (Å²) in [4.78, 5) is 4.41. The third kappa shape index (κ3) is 1.42. The molecule has 0 aromatic carbocycles. The Balaban J connectivity index is 2.67. The second-order valence-electron chi connectivity index (χ2n) is 3.77. The van der Waals surface area contributed by atoms with Gasteiger partial charge in [-0.25, -0.2) is 0 Å². The van der Waals surface area contributed by atoms with Gasteiger partial charge in [0.15, 0.2) is 0 Å². The molecule has 2 N–H and O–H groups in total. The van der Waals surface area contributed by atoms with Gasteiger partial charge in [0.1, 0.15) is 0 Å². The lowest BCUT2D eigenvalue weighted by atomic mass is 9.95. The Morgan fingerprint density at radius 1 is 1.50 bits per heavy atom. The van der Waals surface area contributed by atoms with Crippen molar-refractivity contribution < 1.29 is 0 Å². The summed E-state index contributed by atoms with van der Waals surface area (Å²) in [5.74, 6) is 0. The monoisotopic (exact) mass is 206 g/mol. The first-order chi connectivity index (χ1) is 6.65. The fraction of sp³-hybridized carbons (Fsp3) is 0.364. The summed E-state index contributed by atoms with van der Waals surface area (Å²) >= 11 is 1.71. The van der Waals surface area contributed by atoms with Gasteiger partial charge in [0.2, 0.25) is 0 Å². The first kappa shape index (κ1) is 9.62. The molecule has 14 heavy (non-hydrogen) atoms. The lowest BCUT2D eigenvalue weighted by molar-refractivity contribution is 0.467. The number of thiophene rings is 1. The van der Waals surface area contributed by atoms with Gasteiger partial charge < -0.3 is 5.73 Å². The summed E-state index contributed by atoms with van der Waals surface area (Å²) in [6.07, 6.45) is 2.74. The highest BCUT2D eigenvalue weighted by Gasteiger charge is 2.23. The third-order valence-corrected chi connectivity index (χ3v) is 3.58. The largest absolute Gasteiger partial charge is 0.320 e. The molecule has 3 heteroatoms. The molecule has 0 radical (unpaired) electrons. The molecule has 0 amide bonds. The standard InChI is InChI=1S/C11H14N2S/c1-3-11(2,12)10-9-8(4-6-13-10)5-7-14-9/h4-7H,3,12H2,1-2H3. The Kier molecular flexibility index (Phi) is 2.29. The number of aromatic nitrogens is 1. The molecule has 0 saturated carbocycles. The summed E-state index contributed by atoms with van der Waals surface area (Å²) in [6.45, 7) is 4.13. The Morgan fingerprint density at radius 3 is 3.00 bits per heavy atom. The number of hydrogen-bond donors (Lipinski definition) is 1. The Labute approximate surface area is 87.8 Å². The highest BCUT2D eigenvalue weighted by atomic mass is 32.1. The maximum absolute atomic E-state index is 6.21. The molecular formula is C11H14N2S. The maximum atomic E-state index is 6.21. The van der Waals surface area contributed by atoms with Crippen LogP contribution in [0, 0.1) is 0 Å². The van der Waals surface area contributed by atoms with Crippen LogP contribution < -0.4 is 5.73 Å². The van der Waals surface area contributed by atoms with Crippen LogP contribution in [0.1, 0.15) is 26.0 Å². The number of pyridine rings is 1. The highest BCUT2D eigenvalue weighted by molar-refractivity contribution is 7.17. The molecule has 2 nitrogen and oxygen atoms in total. The number of fused-ring (bicyclic) bond motifs is 1. The molecular weight excluding hydrogens is 192 g/mol. The summed E-state index contributed by atoms with van der Waals surface area (Å²) in [5, 5.41) is 3.33. The van der Waals surface area contributed by atoms with Crippen LogP contribution in [0.15, 0.2) is 23.7 Å². The van der Waals surface area contributed by atoms with Crippen molar-refractivity contribution in [1.82, 2.24) is 4.98 Å². The predicted molar refractivity (Wildman–Crippen MR) is 61.5 cm³/mol. The van der Waals surface area contributed by atoms with E-state index in [0.29, 0.717) is 0 Å². The van der Waals surface area contributed by atoms with Crippen LogP contribution in [0.4, 0.5) is 0 Å². The first-order valence-electron chi connectivity index (χ1n) is 4.76. The lowest BCUT2D eigenvalue weighted by Gasteiger charge is -2.22. The quantitative estimate of drug-likeness (QED) is 0.820. The summed E-state index contributed by atoms with van der Waals surface area (Å²) in [6, 6.07) is 4.14. The topological polar surface area (TPSA) is 38.9 Å². The summed E-state index contributed by atoms with van der Waals surface area (Å²) < 4.78 is 1.22. The number of hydrogen-bond acceptors (Lipinski definition) is 3. The lowest BCUT2D eigenvalue weighted by Crippen LogP contribution is -2.33. The molecule has 1 unspecified atom stereocenters. The molecule has 1 atom stereocenters. The minimum absolute atomic E-state index is 0.315. The van der Waals surface area contributed by atoms with E-state index in [9.17, 15) is 0 Å². The normalized spacial score (nSPS) is 15.6. The van der Waals surface area contributed by atoms with Crippen LogP contribution >= 0.6 is 11.3 Å². The van der Waals surface area contributed by atoms with Gasteiger partial charge in [0, 0.05) is 6.20 Å². The van der Waals surface area contributed by atoms with Crippen molar-refractivity contribution in [2.75, 3.05) is 0 Å². The van der Waals surface area contributed by atoms with Gasteiger partial charge in [-0.1, -0.05) is 6.92 Å². The van der Waals surface area contributed by atoms with E-state index in [1.54, 1.807) is 11.3 Å². The molecule has 0 bridgehead atoms. The van der Waals surface area contributed by atoms with Crippen LogP contribution in [0.2, 0.25) is 0 Å². The zero-order chi connectivity index (χ0) is 10.2. The second-order valence-corrected chi connectivity index (χ2v) is 4.69. The molecule has 0 fully saturated rings. The number of nitrogens with two attached hydrogens (primary N) is 1. The molecule has 0 saturated heterocycles. The summed E-state index contributed by atoms with van der Waals surface area (Å²) in [5.41, 5.74) is 6.91. The zero-order valence-electron chi connectivity index (χ0n) is 8.45. The average Bonchev–Trinajstić information content (AvgIpc) is 2.64. The SMILES string of the molecule is CCC(C)(N)c1nccc2ccsc12. The molecule has 0 aliphatic carbocycles. The molecule has 0 aliphatic rings. The molecule has 0 spiro atoms. The average molecular weight is 206 g/mol. The van der Waals surface area contributed by atoms with E-state index in [1.807, 2.05) is 19.2 Å². The van der Waals surface area contributed by atoms with Gasteiger partial charge in [-0.2, -0.15) is 0 Å². The number of nitrogens with zero attached hydrogens (tertiary/aromatic N) is 1. The van der Waals surface area contributed by atoms with E-state index in [2.05, 4.69) is 23.4 Å². The van der Waals surface area contributed by atoms with Crippen molar-refractivity contribution in [1.29, 1.82) is 0 Å². The first-order valence-corrected chi connectivity index (χ1v) is 5.64. The van der Waals surface area contributed by atoms with Gasteiger partial charge in [0.05, 0.1) is 15.9 Å². The zero-order valence-corrected chi connectivity index (χ0v) is 9.27. The minimum atomic E-state index is -0.315. The van der Waals surface area contributed by atoms with Gasteiger partial charge in [-0.15, -0.1) is 11.3 Å². The van der Waals surface area contributed by atoms with E-state index in [1.165, 1.54) is 10.1 Å².